The number of hydrogen-bond donors (Lipinski definition) is 1. The van der Waals surface area contributed by atoms with E-state index in [-0.39, 0.29) is 6.04 Å². The van der Waals surface area contributed by atoms with Crippen molar-refractivity contribution in [3.63, 3.8) is 0 Å². The minimum atomic E-state index is 0.192. The summed E-state index contributed by atoms with van der Waals surface area (Å²) in [6, 6.07) is 6.26. The molecule has 7 heteroatoms. The van der Waals surface area contributed by atoms with Crippen LogP contribution < -0.4 is 14.8 Å². The lowest BCUT2D eigenvalue weighted by Crippen LogP contribution is -2.38. The van der Waals surface area contributed by atoms with Gasteiger partial charge in [0.05, 0.1) is 26.0 Å². The molecule has 0 saturated carbocycles. The first-order valence-corrected chi connectivity index (χ1v) is 10.9. The second kappa shape index (κ2) is 10.8. The van der Waals surface area contributed by atoms with Crippen LogP contribution in [0.3, 0.4) is 0 Å². The van der Waals surface area contributed by atoms with E-state index >= 15 is 0 Å². The highest BCUT2D eigenvalue weighted by Gasteiger charge is 2.18. The van der Waals surface area contributed by atoms with Crippen LogP contribution in [-0.4, -0.2) is 61.2 Å². The van der Waals surface area contributed by atoms with Crippen molar-refractivity contribution in [1.29, 1.82) is 0 Å². The number of hydrogen-bond acceptors (Lipinski definition) is 6. The fraction of sp³-hybridized carbons (Fsp3) is 0.609. The molecule has 0 radical (unpaired) electrons. The number of benzene rings is 1. The fourth-order valence-corrected chi connectivity index (χ4v) is 4.14. The summed E-state index contributed by atoms with van der Waals surface area (Å²) in [5.41, 5.74) is 4.68. The molecule has 0 bridgehead atoms. The summed E-state index contributed by atoms with van der Waals surface area (Å²) in [7, 11) is 1.69. The van der Waals surface area contributed by atoms with Crippen molar-refractivity contribution < 1.29 is 14.2 Å². The molecule has 166 valence electrons. The number of rotatable bonds is 10. The Balaban J connectivity index is 1.65. The zero-order valence-electron chi connectivity index (χ0n) is 19.0. The highest BCUT2D eigenvalue weighted by Crippen LogP contribution is 2.32. The Bertz CT molecular complexity index is 815. The van der Waals surface area contributed by atoms with Crippen LogP contribution >= 0.6 is 0 Å². The Morgan fingerprint density at radius 2 is 2.00 bits per heavy atom. The third-order valence-corrected chi connectivity index (χ3v) is 5.81. The summed E-state index contributed by atoms with van der Waals surface area (Å²) in [5.74, 6) is 1.60. The Labute approximate surface area is 180 Å². The van der Waals surface area contributed by atoms with E-state index in [1.807, 2.05) is 12.1 Å². The van der Waals surface area contributed by atoms with Crippen molar-refractivity contribution in [3.8, 4) is 11.5 Å². The van der Waals surface area contributed by atoms with Crippen molar-refractivity contribution >= 4 is 0 Å². The highest BCUT2D eigenvalue weighted by molar-refractivity contribution is 5.46. The Morgan fingerprint density at radius 3 is 2.67 bits per heavy atom. The topological polar surface area (TPSA) is 60.8 Å². The number of methoxy groups -OCH3 is 1. The molecule has 0 spiro atoms. The third kappa shape index (κ3) is 5.33. The van der Waals surface area contributed by atoms with E-state index in [4.69, 9.17) is 14.2 Å². The van der Waals surface area contributed by atoms with E-state index in [0.717, 1.165) is 62.1 Å². The predicted octanol–water partition coefficient (Wildman–Crippen LogP) is 3.09. The van der Waals surface area contributed by atoms with Gasteiger partial charge in [0.25, 0.3) is 0 Å². The summed E-state index contributed by atoms with van der Waals surface area (Å²) < 4.78 is 19.3. The average molecular weight is 417 g/mol. The van der Waals surface area contributed by atoms with Crippen LogP contribution in [0.5, 0.6) is 11.5 Å². The molecular weight excluding hydrogens is 380 g/mol. The van der Waals surface area contributed by atoms with Gasteiger partial charge in [-0.05, 0) is 33.8 Å². The zero-order chi connectivity index (χ0) is 21.5. The average Bonchev–Trinajstić information content (AvgIpc) is 3.06. The normalized spacial score (nSPS) is 15.9. The van der Waals surface area contributed by atoms with Crippen LogP contribution in [0.15, 0.2) is 18.2 Å². The first-order valence-electron chi connectivity index (χ1n) is 10.9. The van der Waals surface area contributed by atoms with Crippen LogP contribution in [0.1, 0.15) is 42.4 Å². The standard InChI is InChI=1S/C23H36N4O3/c1-6-27-19(4)22(18(3)25-27)17(2)24-16-20-8-7-9-21(28-5)23(20)30-15-12-26-10-13-29-14-11-26/h7-9,17,24H,6,10-16H2,1-5H3. The van der Waals surface area contributed by atoms with Crippen molar-refractivity contribution in [2.24, 2.45) is 0 Å². The number of ether oxygens (including phenoxy) is 3. The zero-order valence-corrected chi connectivity index (χ0v) is 19.0. The summed E-state index contributed by atoms with van der Waals surface area (Å²) in [6.45, 7) is 15.2. The van der Waals surface area contributed by atoms with E-state index in [1.54, 1.807) is 7.11 Å². The van der Waals surface area contributed by atoms with Gasteiger partial charge in [-0.25, -0.2) is 0 Å². The van der Waals surface area contributed by atoms with Gasteiger partial charge in [0.1, 0.15) is 6.61 Å². The van der Waals surface area contributed by atoms with Crippen LogP contribution in [0.25, 0.3) is 0 Å². The highest BCUT2D eigenvalue weighted by atomic mass is 16.5. The van der Waals surface area contributed by atoms with Gasteiger partial charge in [0.15, 0.2) is 11.5 Å². The largest absolute Gasteiger partial charge is 0.493 e. The monoisotopic (exact) mass is 416 g/mol. The quantitative estimate of drug-likeness (QED) is 0.642. The van der Waals surface area contributed by atoms with Gasteiger partial charge >= 0.3 is 0 Å². The lowest BCUT2D eigenvalue weighted by molar-refractivity contribution is 0.0320. The molecule has 30 heavy (non-hydrogen) atoms. The van der Waals surface area contributed by atoms with E-state index in [0.29, 0.717) is 13.2 Å². The number of para-hydroxylation sites is 1. The molecule has 1 aliphatic heterocycles. The molecule has 1 aromatic carbocycles. The summed E-state index contributed by atoms with van der Waals surface area (Å²) in [6.07, 6.45) is 0. The molecule has 0 aliphatic carbocycles. The number of aryl methyl sites for hydroxylation is 2. The maximum Gasteiger partial charge on any atom is 0.165 e. The van der Waals surface area contributed by atoms with Gasteiger partial charge < -0.3 is 19.5 Å². The molecule has 1 unspecified atom stereocenters. The Kier molecular flexibility index (Phi) is 8.13. The van der Waals surface area contributed by atoms with Gasteiger partial charge in [-0.2, -0.15) is 5.10 Å². The predicted molar refractivity (Wildman–Crippen MR) is 118 cm³/mol. The molecule has 0 amide bonds. The molecule has 2 aromatic rings. The minimum Gasteiger partial charge on any atom is -0.493 e. The van der Waals surface area contributed by atoms with Crippen LogP contribution in [0.2, 0.25) is 0 Å². The van der Waals surface area contributed by atoms with E-state index < -0.39 is 0 Å². The molecule has 1 N–H and O–H groups in total. The van der Waals surface area contributed by atoms with Crippen LogP contribution in [-0.2, 0) is 17.8 Å². The van der Waals surface area contributed by atoms with Gasteiger partial charge in [-0.1, -0.05) is 12.1 Å². The van der Waals surface area contributed by atoms with E-state index in [1.165, 1.54) is 11.3 Å². The molecule has 7 nitrogen and oxygen atoms in total. The number of morpholine rings is 1. The lowest BCUT2D eigenvalue weighted by atomic mass is 10.1. The summed E-state index contributed by atoms with van der Waals surface area (Å²) >= 11 is 0. The molecule has 1 fully saturated rings. The van der Waals surface area contributed by atoms with Crippen molar-refractivity contribution in [1.82, 2.24) is 20.0 Å². The maximum absolute atomic E-state index is 6.20. The number of nitrogens with one attached hydrogen (secondary N) is 1. The van der Waals surface area contributed by atoms with Crippen molar-refractivity contribution in [2.75, 3.05) is 46.6 Å². The van der Waals surface area contributed by atoms with Gasteiger partial charge in [-0.15, -0.1) is 0 Å². The molecule has 1 atom stereocenters. The molecule has 1 aliphatic rings. The van der Waals surface area contributed by atoms with Crippen molar-refractivity contribution in [2.45, 2.75) is 46.8 Å². The Morgan fingerprint density at radius 1 is 1.23 bits per heavy atom. The number of nitrogens with zero attached hydrogens (tertiary/aromatic N) is 3. The van der Waals surface area contributed by atoms with E-state index in [2.05, 4.69) is 53.8 Å². The first kappa shape index (κ1) is 22.6. The maximum atomic E-state index is 6.20. The second-order valence-electron chi connectivity index (χ2n) is 7.75. The first-order chi connectivity index (χ1) is 14.5. The van der Waals surface area contributed by atoms with Crippen LogP contribution in [0.4, 0.5) is 0 Å². The summed E-state index contributed by atoms with van der Waals surface area (Å²) in [5, 5.41) is 8.30. The molecular formula is C23H36N4O3. The van der Waals surface area contributed by atoms with Crippen molar-refractivity contribution in [3.05, 3.63) is 40.7 Å². The molecule has 2 heterocycles. The third-order valence-electron chi connectivity index (χ3n) is 5.81. The van der Waals surface area contributed by atoms with Gasteiger partial charge in [0, 0.05) is 55.6 Å². The van der Waals surface area contributed by atoms with Gasteiger partial charge in [0.2, 0.25) is 0 Å². The molecule has 1 saturated heterocycles. The minimum absolute atomic E-state index is 0.192. The Hall–Kier alpha value is -2.09. The van der Waals surface area contributed by atoms with Gasteiger partial charge in [-0.3, -0.25) is 9.58 Å². The number of aromatic nitrogens is 2. The molecule has 3 rings (SSSR count). The SMILES string of the molecule is CCn1nc(C)c(C(C)NCc2cccc(OC)c2OCCN2CCOCC2)c1C. The second-order valence-corrected chi connectivity index (χ2v) is 7.75. The summed E-state index contributed by atoms with van der Waals surface area (Å²) in [4.78, 5) is 2.37. The fourth-order valence-electron chi connectivity index (χ4n) is 4.14. The molecule has 1 aromatic heterocycles. The van der Waals surface area contributed by atoms with Crippen LogP contribution in [0, 0.1) is 13.8 Å². The lowest BCUT2D eigenvalue weighted by Gasteiger charge is -2.26. The smallest absolute Gasteiger partial charge is 0.165 e. The van der Waals surface area contributed by atoms with E-state index in [9.17, 15) is 0 Å².